The molecule has 1 atom stereocenters. The van der Waals surface area contributed by atoms with Crippen molar-refractivity contribution in [1.82, 2.24) is 4.90 Å². The lowest BCUT2D eigenvalue weighted by Crippen LogP contribution is -2.42. The Morgan fingerprint density at radius 2 is 2.15 bits per heavy atom. The number of hydrogen-bond acceptors (Lipinski definition) is 4. The van der Waals surface area contributed by atoms with Gasteiger partial charge in [-0.3, -0.25) is 14.9 Å². The lowest BCUT2D eigenvalue weighted by molar-refractivity contribution is -0.387. The summed E-state index contributed by atoms with van der Waals surface area (Å²) >= 11 is 0. The van der Waals surface area contributed by atoms with Crippen molar-refractivity contribution in [2.45, 2.75) is 18.9 Å². The molecule has 0 bridgehead atoms. The molecule has 1 aromatic rings. The number of nitro groups is 1. The fraction of sp³-hybridized carbons (Fsp3) is 0.417. The monoisotopic (exact) mass is 286 g/mol. The molecule has 0 radical (unpaired) electrons. The molecule has 1 aliphatic rings. The number of nitro benzene ring substituents is 1. The Bertz CT molecular complexity index is 565. The summed E-state index contributed by atoms with van der Waals surface area (Å²) in [7, 11) is 0. The highest BCUT2D eigenvalue weighted by Crippen LogP contribution is 2.24. The van der Waals surface area contributed by atoms with Crippen molar-refractivity contribution >= 4 is 11.6 Å². The molecular formula is C12H12F2N2O4. The van der Waals surface area contributed by atoms with E-state index in [1.807, 2.05) is 0 Å². The Hall–Kier alpha value is -2.09. The molecule has 2 rings (SSSR count). The second kappa shape index (κ2) is 5.49. The van der Waals surface area contributed by atoms with Gasteiger partial charge in [-0.1, -0.05) is 0 Å². The van der Waals surface area contributed by atoms with Crippen LogP contribution in [0.4, 0.5) is 14.5 Å². The van der Waals surface area contributed by atoms with Gasteiger partial charge in [0.1, 0.15) is 5.82 Å². The van der Waals surface area contributed by atoms with Gasteiger partial charge in [-0.05, 0) is 18.9 Å². The molecule has 6 nitrogen and oxygen atoms in total. The number of nitrogens with zero attached hydrogens (tertiary/aromatic N) is 2. The summed E-state index contributed by atoms with van der Waals surface area (Å²) in [5.41, 5.74) is -1.77. The second-order valence-electron chi connectivity index (χ2n) is 4.59. The summed E-state index contributed by atoms with van der Waals surface area (Å²) in [5.74, 6) is -3.27. The van der Waals surface area contributed by atoms with Crippen molar-refractivity contribution in [3.8, 4) is 0 Å². The lowest BCUT2D eigenvalue weighted by Gasteiger charge is -2.30. The van der Waals surface area contributed by atoms with E-state index in [1.54, 1.807) is 0 Å². The van der Waals surface area contributed by atoms with Crippen LogP contribution in [0.25, 0.3) is 0 Å². The maximum absolute atomic E-state index is 13.9. The molecule has 1 amide bonds. The number of rotatable bonds is 2. The normalized spacial score (nSPS) is 18.9. The SMILES string of the molecule is O=C(c1cc(F)cc([N+](=O)[O-])c1F)N1CCCC(O)C1. The number of benzene rings is 1. The number of amides is 1. The van der Waals surface area contributed by atoms with E-state index in [0.717, 1.165) is 4.90 Å². The number of halogens is 2. The van der Waals surface area contributed by atoms with Crippen molar-refractivity contribution in [2.75, 3.05) is 13.1 Å². The topological polar surface area (TPSA) is 83.7 Å². The van der Waals surface area contributed by atoms with Crippen molar-refractivity contribution in [2.24, 2.45) is 0 Å². The van der Waals surface area contributed by atoms with Crippen LogP contribution in [-0.4, -0.2) is 40.0 Å². The summed E-state index contributed by atoms with van der Waals surface area (Å²) in [5, 5.41) is 20.1. The van der Waals surface area contributed by atoms with Crippen LogP contribution in [0.2, 0.25) is 0 Å². The van der Waals surface area contributed by atoms with Gasteiger partial charge in [-0.15, -0.1) is 0 Å². The molecule has 108 valence electrons. The van der Waals surface area contributed by atoms with Crippen LogP contribution in [0.15, 0.2) is 12.1 Å². The first kappa shape index (κ1) is 14.3. The molecule has 0 aliphatic carbocycles. The molecular weight excluding hydrogens is 274 g/mol. The Morgan fingerprint density at radius 1 is 1.45 bits per heavy atom. The fourth-order valence-electron chi connectivity index (χ4n) is 2.17. The molecule has 8 heteroatoms. The number of hydrogen-bond donors (Lipinski definition) is 1. The molecule has 1 saturated heterocycles. The predicted molar refractivity (Wildman–Crippen MR) is 64.2 cm³/mol. The van der Waals surface area contributed by atoms with Crippen LogP contribution in [0.3, 0.4) is 0 Å². The van der Waals surface area contributed by atoms with E-state index in [1.165, 1.54) is 0 Å². The van der Waals surface area contributed by atoms with E-state index >= 15 is 0 Å². The maximum atomic E-state index is 13.9. The van der Waals surface area contributed by atoms with Crippen LogP contribution >= 0.6 is 0 Å². The molecule has 0 saturated carbocycles. The average Bonchev–Trinajstić information content (AvgIpc) is 2.40. The number of β-amino-alcohol motifs (C(OH)–C–C–N with tert-alkyl or cyclic N) is 1. The summed E-state index contributed by atoms with van der Waals surface area (Å²) < 4.78 is 27.2. The van der Waals surface area contributed by atoms with Gasteiger partial charge in [0.25, 0.3) is 5.91 Å². The van der Waals surface area contributed by atoms with Gasteiger partial charge >= 0.3 is 5.69 Å². The van der Waals surface area contributed by atoms with Crippen LogP contribution in [-0.2, 0) is 0 Å². The fourth-order valence-corrected chi connectivity index (χ4v) is 2.17. The van der Waals surface area contributed by atoms with Gasteiger partial charge in [-0.2, -0.15) is 4.39 Å². The second-order valence-corrected chi connectivity index (χ2v) is 4.59. The number of carbonyl (C=O) groups excluding carboxylic acids is 1. The number of aliphatic hydroxyl groups is 1. The smallest absolute Gasteiger partial charge is 0.308 e. The van der Waals surface area contributed by atoms with Crippen LogP contribution in [0.5, 0.6) is 0 Å². The van der Waals surface area contributed by atoms with Crippen molar-refractivity contribution in [1.29, 1.82) is 0 Å². The van der Waals surface area contributed by atoms with Crippen molar-refractivity contribution in [3.63, 3.8) is 0 Å². The third-order valence-electron chi connectivity index (χ3n) is 3.13. The summed E-state index contributed by atoms with van der Waals surface area (Å²) in [4.78, 5) is 22.8. The highest BCUT2D eigenvalue weighted by molar-refractivity contribution is 5.95. The molecule has 1 aromatic carbocycles. The quantitative estimate of drug-likeness (QED) is 0.659. The zero-order valence-electron chi connectivity index (χ0n) is 10.4. The average molecular weight is 286 g/mol. The Kier molecular flexibility index (Phi) is 3.93. The third-order valence-corrected chi connectivity index (χ3v) is 3.13. The molecule has 1 fully saturated rings. The van der Waals surface area contributed by atoms with E-state index in [0.29, 0.717) is 31.5 Å². The number of piperidine rings is 1. The molecule has 20 heavy (non-hydrogen) atoms. The largest absolute Gasteiger partial charge is 0.391 e. The molecule has 1 N–H and O–H groups in total. The van der Waals surface area contributed by atoms with E-state index in [-0.39, 0.29) is 6.54 Å². The zero-order chi connectivity index (χ0) is 14.9. The van der Waals surface area contributed by atoms with Crippen molar-refractivity contribution < 1.29 is 23.6 Å². The van der Waals surface area contributed by atoms with Crippen LogP contribution in [0.1, 0.15) is 23.2 Å². The predicted octanol–water partition coefficient (Wildman–Crippen LogP) is 1.47. The Balaban J connectivity index is 2.36. The maximum Gasteiger partial charge on any atom is 0.308 e. The van der Waals surface area contributed by atoms with Crippen LogP contribution < -0.4 is 0 Å². The van der Waals surface area contributed by atoms with E-state index < -0.39 is 39.8 Å². The van der Waals surface area contributed by atoms with Gasteiger partial charge in [0, 0.05) is 13.1 Å². The molecule has 0 aromatic heterocycles. The number of likely N-dealkylation sites (tertiary alicyclic amines) is 1. The number of carbonyl (C=O) groups is 1. The first-order chi connectivity index (χ1) is 9.40. The first-order valence-electron chi connectivity index (χ1n) is 6.01. The minimum Gasteiger partial charge on any atom is -0.391 e. The Morgan fingerprint density at radius 3 is 2.75 bits per heavy atom. The summed E-state index contributed by atoms with van der Waals surface area (Å²) in [6.45, 7) is 0.294. The zero-order valence-corrected chi connectivity index (χ0v) is 10.4. The summed E-state index contributed by atoms with van der Waals surface area (Å²) in [6, 6.07) is 1.06. The minimum atomic E-state index is -1.36. The van der Waals surface area contributed by atoms with Crippen LogP contribution in [0, 0.1) is 21.7 Å². The standard InChI is InChI=1S/C12H12F2N2O4/c13-7-4-9(11(14)10(5-7)16(19)20)12(18)15-3-1-2-8(17)6-15/h4-5,8,17H,1-3,6H2. The van der Waals surface area contributed by atoms with Gasteiger partial charge in [-0.25, -0.2) is 4.39 Å². The first-order valence-corrected chi connectivity index (χ1v) is 6.01. The highest BCUT2D eigenvalue weighted by atomic mass is 19.1. The molecule has 1 heterocycles. The molecule has 1 unspecified atom stereocenters. The van der Waals surface area contributed by atoms with Gasteiger partial charge in [0.2, 0.25) is 5.82 Å². The number of aliphatic hydroxyl groups excluding tert-OH is 1. The molecule has 0 spiro atoms. The van der Waals surface area contributed by atoms with Crippen molar-refractivity contribution in [3.05, 3.63) is 39.4 Å². The highest BCUT2D eigenvalue weighted by Gasteiger charge is 2.29. The lowest BCUT2D eigenvalue weighted by atomic mass is 10.1. The summed E-state index contributed by atoms with van der Waals surface area (Å²) in [6.07, 6.45) is 0.334. The minimum absolute atomic E-state index is 0.00256. The van der Waals surface area contributed by atoms with Gasteiger partial charge in [0.05, 0.1) is 22.7 Å². The van der Waals surface area contributed by atoms with E-state index in [2.05, 4.69) is 0 Å². The third kappa shape index (κ3) is 2.74. The van der Waals surface area contributed by atoms with E-state index in [4.69, 9.17) is 0 Å². The Labute approximate surface area is 112 Å². The molecule has 1 aliphatic heterocycles. The van der Waals surface area contributed by atoms with E-state index in [9.17, 15) is 28.8 Å². The van der Waals surface area contributed by atoms with Gasteiger partial charge in [0.15, 0.2) is 0 Å². The van der Waals surface area contributed by atoms with Gasteiger partial charge < -0.3 is 10.0 Å².